The Balaban J connectivity index is 1.53. The Bertz CT molecular complexity index is 1270. The number of carbonyl (C=O) groups excluding carboxylic acids is 1. The van der Waals surface area contributed by atoms with Gasteiger partial charge in [0.15, 0.2) is 0 Å². The lowest BCUT2D eigenvalue weighted by molar-refractivity contribution is -0.0588. The fourth-order valence-electron chi connectivity index (χ4n) is 4.39. The van der Waals surface area contributed by atoms with Gasteiger partial charge in [-0.1, -0.05) is 18.2 Å². The van der Waals surface area contributed by atoms with Crippen LogP contribution in [-0.4, -0.2) is 57.4 Å². The number of methoxy groups -OCH3 is 1. The minimum absolute atomic E-state index is 0.0126. The van der Waals surface area contributed by atoms with Crippen LogP contribution < -0.4 is 4.74 Å². The molecule has 4 aromatic rings. The van der Waals surface area contributed by atoms with Gasteiger partial charge in [-0.15, -0.1) is 0 Å². The van der Waals surface area contributed by atoms with Crippen molar-refractivity contribution >= 4 is 11.4 Å². The van der Waals surface area contributed by atoms with Gasteiger partial charge in [0.2, 0.25) is 0 Å². The summed E-state index contributed by atoms with van der Waals surface area (Å²) in [5.74, 6) is 1.58. The van der Waals surface area contributed by atoms with E-state index in [1.165, 1.54) is 0 Å². The summed E-state index contributed by atoms with van der Waals surface area (Å²) in [6, 6.07) is 17.9. The summed E-state index contributed by atoms with van der Waals surface area (Å²) in [7, 11) is 1.67. The van der Waals surface area contributed by atoms with Crippen LogP contribution in [0.5, 0.6) is 5.75 Å². The molecule has 32 heavy (non-hydrogen) atoms. The van der Waals surface area contributed by atoms with E-state index in [9.17, 15) is 4.79 Å². The summed E-state index contributed by atoms with van der Waals surface area (Å²) in [5, 5.41) is 4.49. The molecule has 0 bridgehead atoms. The van der Waals surface area contributed by atoms with E-state index in [1.54, 1.807) is 24.1 Å². The smallest absolute Gasteiger partial charge is 0.272 e. The molecule has 4 heterocycles. The van der Waals surface area contributed by atoms with E-state index in [2.05, 4.69) is 33.9 Å². The maximum absolute atomic E-state index is 13.3. The monoisotopic (exact) mass is 430 g/mol. The molecule has 2 atom stereocenters. The van der Waals surface area contributed by atoms with E-state index in [1.807, 2.05) is 49.1 Å². The van der Waals surface area contributed by atoms with Crippen molar-refractivity contribution in [1.82, 2.24) is 19.1 Å². The standard InChI is InChI=1S/C25H26N4O3/c1-17-14-27(15-18(2)32-17)25(30)23-11-12-26-29(23)24-10-9-21-8-7-20(16-28(21)24)19-5-4-6-22(13-19)31-3/h4-13,16-18H,14-15H2,1-3H3. The van der Waals surface area contributed by atoms with Crippen LogP contribution in [0.4, 0.5) is 0 Å². The van der Waals surface area contributed by atoms with Crippen molar-refractivity contribution in [3.63, 3.8) is 0 Å². The average molecular weight is 431 g/mol. The van der Waals surface area contributed by atoms with Crippen LogP contribution in [0, 0.1) is 0 Å². The fourth-order valence-corrected chi connectivity index (χ4v) is 4.39. The molecule has 5 rings (SSSR count). The van der Waals surface area contributed by atoms with Crippen molar-refractivity contribution in [2.24, 2.45) is 0 Å². The first-order valence-corrected chi connectivity index (χ1v) is 10.8. The maximum Gasteiger partial charge on any atom is 0.272 e. The molecule has 0 spiro atoms. The van der Waals surface area contributed by atoms with Gasteiger partial charge in [-0.3, -0.25) is 4.79 Å². The number of pyridine rings is 1. The van der Waals surface area contributed by atoms with E-state index >= 15 is 0 Å². The second-order valence-corrected chi connectivity index (χ2v) is 8.23. The molecule has 3 aromatic heterocycles. The van der Waals surface area contributed by atoms with Crippen molar-refractivity contribution in [2.75, 3.05) is 20.2 Å². The van der Waals surface area contributed by atoms with Gasteiger partial charge in [0.1, 0.15) is 17.3 Å². The second-order valence-electron chi connectivity index (χ2n) is 8.23. The van der Waals surface area contributed by atoms with Gasteiger partial charge in [-0.25, -0.2) is 4.68 Å². The summed E-state index contributed by atoms with van der Waals surface area (Å²) in [5.41, 5.74) is 3.66. The van der Waals surface area contributed by atoms with Gasteiger partial charge in [0.25, 0.3) is 5.91 Å². The predicted octanol–water partition coefficient (Wildman–Crippen LogP) is 4.05. The molecule has 7 nitrogen and oxygen atoms in total. The number of hydrogen-bond donors (Lipinski definition) is 0. The molecule has 0 N–H and O–H groups in total. The first-order valence-electron chi connectivity index (χ1n) is 10.8. The highest BCUT2D eigenvalue weighted by Crippen LogP contribution is 2.26. The first-order chi connectivity index (χ1) is 15.5. The number of nitrogens with zero attached hydrogens (tertiary/aromatic N) is 4. The third kappa shape index (κ3) is 3.65. The average Bonchev–Trinajstić information content (AvgIpc) is 3.44. The third-order valence-corrected chi connectivity index (χ3v) is 5.82. The SMILES string of the molecule is COc1cccc(-c2ccc3ccc(-n4nccc4C(=O)N4CC(C)OC(C)C4)n3c2)c1. The topological polar surface area (TPSA) is 61.0 Å². The Morgan fingerprint density at radius 1 is 1.03 bits per heavy atom. The lowest BCUT2D eigenvalue weighted by Gasteiger charge is -2.35. The summed E-state index contributed by atoms with van der Waals surface area (Å²) >= 11 is 0. The molecular formula is C25H26N4O3. The van der Waals surface area contributed by atoms with Gasteiger partial charge in [0, 0.05) is 24.8 Å². The number of amides is 1. The first kappa shape index (κ1) is 20.3. The Hall–Kier alpha value is -3.58. The van der Waals surface area contributed by atoms with E-state index in [0.717, 1.165) is 28.2 Å². The Kier molecular flexibility index (Phi) is 5.19. The summed E-state index contributed by atoms with van der Waals surface area (Å²) in [6.45, 7) is 5.13. The van der Waals surface area contributed by atoms with Crippen LogP contribution in [0.3, 0.4) is 0 Å². The highest BCUT2D eigenvalue weighted by molar-refractivity contribution is 5.93. The van der Waals surface area contributed by atoms with Gasteiger partial charge in [-0.05, 0) is 61.4 Å². The molecule has 7 heteroatoms. The van der Waals surface area contributed by atoms with E-state index in [4.69, 9.17) is 9.47 Å². The van der Waals surface area contributed by atoms with Crippen LogP contribution >= 0.6 is 0 Å². The summed E-state index contributed by atoms with van der Waals surface area (Å²) in [6.07, 6.45) is 3.76. The largest absolute Gasteiger partial charge is 0.497 e. The highest BCUT2D eigenvalue weighted by Gasteiger charge is 2.29. The van der Waals surface area contributed by atoms with E-state index in [-0.39, 0.29) is 18.1 Å². The zero-order valence-corrected chi connectivity index (χ0v) is 18.4. The molecule has 1 aliphatic heterocycles. The highest BCUT2D eigenvalue weighted by atomic mass is 16.5. The van der Waals surface area contributed by atoms with Crippen molar-refractivity contribution in [3.05, 3.63) is 72.7 Å². The maximum atomic E-state index is 13.3. The van der Waals surface area contributed by atoms with Crippen LogP contribution in [0.25, 0.3) is 22.5 Å². The molecule has 1 aromatic carbocycles. The molecule has 1 amide bonds. The van der Waals surface area contributed by atoms with Gasteiger partial charge in [-0.2, -0.15) is 5.10 Å². The number of aromatic nitrogens is 3. The lowest BCUT2D eigenvalue weighted by Crippen LogP contribution is -2.48. The molecule has 0 radical (unpaired) electrons. The van der Waals surface area contributed by atoms with Crippen molar-refractivity contribution in [3.8, 4) is 22.7 Å². The molecule has 0 saturated carbocycles. The molecule has 1 aliphatic rings. The fraction of sp³-hybridized carbons (Fsp3) is 0.280. The van der Waals surface area contributed by atoms with Crippen molar-refractivity contribution < 1.29 is 14.3 Å². The van der Waals surface area contributed by atoms with Crippen molar-refractivity contribution in [2.45, 2.75) is 26.1 Å². The van der Waals surface area contributed by atoms with Crippen LogP contribution in [0.2, 0.25) is 0 Å². The second kappa shape index (κ2) is 8.16. The number of morpholine rings is 1. The van der Waals surface area contributed by atoms with Crippen LogP contribution in [0.15, 0.2) is 67.0 Å². The molecule has 1 saturated heterocycles. The predicted molar refractivity (Wildman–Crippen MR) is 122 cm³/mol. The van der Waals surface area contributed by atoms with E-state index < -0.39 is 0 Å². The molecule has 0 aliphatic carbocycles. The summed E-state index contributed by atoms with van der Waals surface area (Å²) in [4.78, 5) is 15.2. The van der Waals surface area contributed by atoms with Gasteiger partial charge in [0.05, 0.1) is 25.5 Å². The Morgan fingerprint density at radius 3 is 2.59 bits per heavy atom. The van der Waals surface area contributed by atoms with Gasteiger partial charge < -0.3 is 18.8 Å². The molecule has 2 unspecified atom stereocenters. The Morgan fingerprint density at radius 2 is 1.81 bits per heavy atom. The van der Waals surface area contributed by atoms with Crippen LogP contribution in [0.1, 0.15) is 24.3 Å². The molecule has 164 valence electrons. The zero-order valence-electron chi connectivity index (χ0n) is 18.4. The quantitative estimate of drug-likeness (QED) is 0.490. The third-order valence-electron chi connectivity index (χ3n) is 5.82. The Labute approximate surface area is 186 Å². The number of carbonyl (C=O) groups is 1. The molecular weight excluding hydrogens is 404 g/mol. The normalized spacial score (nSPS) is 18.8. The minimum atomic E-state index is -0.0385. The minimum Gasteiger partial charge on any atom is -0.497 e. The van der Waals surface area contributed by atoms with Crippen molar-refractivity contribution in [1.29, 1.82) is 0 Å². The zero-order chi connectivity index (χ0) is 22.2. The number of benzene rings is 1. The van der Waals surface area contributed by atoms with Crippen LogP contribution in [-0.2, 0) is 4.74 Å². The number of ether oxygens (including phenoxy) is 2. The van der Waals surface area contributed by atoms with Gasteiger partial charge >= 0.3 is 0 Å². The molecule has 1 fully saturated rings. The number of fused-ring (bicyclic) bond motifs is 1. The summed E-state index contributed by atoms with van der Waals surface area (Å²) < 4.78 is 14.9. The number of rotatable bonds is 4. The lowest BCUT2D eigenvalue weighted by atomic mass is 10.1. The number of hydrogen-bond acceptors (Lipinski definition) is 4. The van der Waals surface area contributed by atoms with E-state index in [0.29, 0.717) is 18.8 Å².